The Morgan fingerprint density at radius 2 is 1.78 bits per heavy atom. The van der Waals surface area contributed by atoms with Gasteiger partial charge in [-0.3, -0.25) is 4.79 Å². The summed E-state index contributed by atoms with van der Waals surface area (Å²) in [4.78, 5) is 23.2. The summed E-state index contributed by atoms with van der Waals surface area (Å²) in [5.41, 5.74) is 1.36. The lowest BCUT2D eigenvalue weighted by molar-refractivity contribution is -0.301. The van der Waals surface area contributed by atoms with Crippen LogP contribution in [-0.2, 0) is 9.59 Å². The molecule has 0 unspecified atom stereocenters. The van der Waals surface area contributed by atoms with Crippen molar-refractivity contribution in [3.05, 3.63) is 60.2 Å². The smallest absolute Gasteiger partial charge is 0.242 e. The van der Waals surface area contributed by atoms with Gasteiger partial charge in [-0.15, -0.1) is 11.8 Å². The highest BCUT2D eigenvalue weighted by Gasteiger charge is 2.21. The van der Waals surface area contributed by atoms with Crippen molar-refractivity contribution >= 4 is 29.3 Å². The zero-order chi connectivity index (χ0) is 16.7. The van der Waals surface area contributed by atoms with Crippen LogP contribution in [0.5, 0.6) is 5.75 Å². The summed E-state index contributed by atoms with van der Waals surface area (Å²) in [7, 11) is 1.57. The van der Waals surface area contributed by atoms with E-state index in [1.165, 1.54) is 0 Å². The van der Waals surface area contributed by atoms with Crippen LogP contribution in [0.15, 0.2) is 54.6 Å². The molecular formula is C17H16NO4S-. The fraction of sp³-hybridized carbons (Fsp3) is 0.176. The summed E-state index contributed by atoms with van der Waals surface area (Å²) in [6, 6.07) is 16.0. The predicted molar refractivity (Wildman–Crippen MR) is 88.3 cm³/mol. The third-order valence-electron chi connectivity index (χ3n) is 3.07. The minimum Gasteiger partial charge on any atom is -0.549 e. The molecule has 1 amide bonds. The molecule has 0 spiro atoms. The Kier molecular flexibility index (Phi) is 6.05. The average molecular weight is 330 g/mol. The number of hydrogen-bond donors (Lipinski definition) is 1. The van der Waals surface area contributed by atoms with Gasteiger partial charge in [0.15, 0.2) is 0 Å². The van der Waals surface area contributed by atoms with Gasteiger partial charge < -0.3 is 20.0 Å². The van der Waals surface area contributed by atoms with Crippen molar-refractivity contribution in [3.8, 4) is 5.75 Å². The van der Waals surface area contributed by atoms with Crippen LogP contribution in [0.2, 0.25) is 0 Å². The lowest BCUT2D eigenvalue weighted by Gasteiger charge is -2.17. The maximum Gasteiger partial charge on any atom is 0.242 e. The van der Waals surface area contributed by atoms with Crippen molar-refractivity contribution in [1.29, 1.82) is 0 Å². The van der Waals surface area contributed by atoms with Crippen LogP contribution in [0.3, 0.4) is 0 Å². The molecule has 0 aliphatic heterocycles. The molecule has 1 N–H and O–H groups in total. The maximum atomic E-state index is 12.5. The molecular weight excluding hydrogens is 314 g/mol. The maximum absolute atomic E-state index is 12.5. The lowest BCUT2D eigenvalue weighted by atomic mass is 10.1. The molecule has 0 aliphatic rings. The van der Waals surface area contributed by atoms with E-state index in [0.29, 0.717) is 11.4 Å². The van der Waals surface area contributed by atoms with Crippen LogP contribution in [0, 0.1) is 0 Å². The van der Waals surface area contributed by atoms with Crippen molar-refractivity contribution < 1.29 is 19.4 Å². The van der Waals surface area contributed by atoms with Gasteiger partial charge in [0.1, 0.15) is 11.0 Å². The Morgan fingerprint density at radius 3 is 2.35 bits per heavy atom. The van der Waals surface area contributed by atoms with Gasteiger partial charge in [0, 0.05) is 11.4 Å². The number of carboxylic acid groups (broad SMARTS) is 1. The van der Waals surface area contributed by atoms with Crippen LogP contribution in [-0.4, -0.2) is 24.7 Å². The summed E-state index contributed by atoms with van der Waals surface area (Å²) >= 11 is 1.02. The zero-order valence-corrected chi connectivity index (χ0v) is 13.3. The number of amides is 1. The predicted octanol–water partition coefficient (Wildman–Crippen LogP) is 1.86. The highest BCUT2D eigenvalue weighted by Crippen LogP contribution is 2.30. The van der Waals surface area contributed by atoms with Crippen LogP contribution in [0.4, 0.5) is 5.69 Å². The average Bonchev–Trinajstić information content (AvgIpc) is 2.56. The fourth-order valence-electron chi connectivity index (χ4n) is 1.98. The molecule has 6 heteroatoms. The van der Waals surface area contributed by atoms with E-state index >= 15 is 0 Å². The van der Waals surface area contributed by atoms with Crippen LogP contribution in [0.25, 0.3) is 0 Å². The number of methoxy groups -OCH3 is 1. The monoisotopic (exact) mass is 330 g/mol. The highest BCUT2D eigenvalue weighted by molar-refractivity contribution is 8.00. The van der Waals surface area contributed by atoms with Crippen molar-refractivity contribution in [2.45, 2.75) is 5.25 Å². The summed E-state index contributed by atoms with van der Waals surface area (Å²) in [5.74, 6) is -1.05. The summed E-state index contributed by atoms with van der Waals surface area (Å²) < 4.78 is 5.07. The van der Waals surface area contributed by atoms with E-state index in [0.717, 1.165) is 17.3 Å². The lowest BCUT2D eigenvalue weighted by Crippen LogP contribution is -2.27. The molecule has 0 bridgehead atoms. The Hall–Kier alpha value is -2.47. The Balaban J connectivity index is 2.13. The first-order valence-electron chi connectivity index (χ1n) is 6.91. The van der Waals surface area contributed by atoms with Crippen LogP contribution in [0.1, 0.15) is 10.8 Å². The standard InChI is InChI=1S/C17H17NO4S/c1-22-14-9-7-13(8-10-14)18-17(21)16(23-11-15(19)20)12-5-3-2-4-6-12/h2-10,16H,11H2,1H3,(H,18,21)(H,19,20)/p-1/t16-/m0/s1. The van der Waals surface area contributed by atoms with Gasteiger partial charge in [-0.05, 0) is 29.8 Å². The van der Waals surface area contributed by atoms with E-state index in [-0.39, 0.29) is 11.7 Å². The van der Waals surface area contributed by atoms with Gasteiger partial charge in [-0.2, -0.15) is 0 Å². The number of anilines is 1. The zero-order valence-electron chi connectivity index (χ0n) is 12.5. The largest absolute Gasteiger partial charge is 0.549 e. The first-order chi connectivity index (χ1) is 11.1. The molecule has 120 valence electrons. The Labute approximate surface area is 138 Å². The SMILES string of the molecule is COc1ccc(NC(=O)[C@@H](SCC(=O)[O-])c2ccccc2)cc1. The summed E-state index contributed by atoms with van der Waals surface area (Å²) in [6.45, 7) is 0. The van der Waals surface area contributed by atoms with E-state index in [1.54, 1.807) is 43.5 Å². The number of carbonyl (C=O) groups is 2. The quantitative estimate of drug-likeness (QED) is 0.838. The van der Waals surface area contributed by atoms with Gasteiger partial charge in [0.25, 0.3) is 0 Å². The Bertz CT molecular complexity index is 658. The minimum absolute atomic E-state index is 0.254. The van der Waals surface area contributed by atoms with Gasteiger partial charge in [0.2, 0.25) is 5.91 Å². The molecule has 23 heavy (non-hydrogen) atoms. The molecule has 0 aromatic heterocycles. The number of carboxylic acids is 1. The van der Waals surface area contributed by atoms with Gasteiger partial charge in [0.05, 0.1) is 13.1 Å². The second kappa shape index (κ2) is 8.24. The number of aliphatic carboxylic acids is 1. The van der Waals surface area contributed by atoms with E-state index in [9.17, 15) is 14.7 Å². The number of rotatable bonds is 7. The third kappa shape index (κ3) is 5.03. The number of thioether (sulfide) groups is 1. The molecule has 0 fully saturated rings. The molecule has 0 radical (unpaired) electrons. The third-order valence-corrected chi connectivity index (χ3v) is 4.29. The van der Waals surface area contributed by atoms with Crippen molar-refractivity contribution in [2.24, 2.45) is 0 Å². The van der Waals surface area contributed by atoms with Crippen LogP contribution >= 0.6 is 11.8 Å². The molecule has 1 atom stereocenters. The Morgan fingerprint density at radius 1 is 1.13 bits per heavy atom. The first-order valence-corrected chi connectivity index (χ1v) is 7.96. The van der Waals surface area contributed by atoms with Gasteiger partial charge >= 0.3 is 0 Å². The number of benzene rings is 2. The van der Waals surface area contributed by atoms with Gasteiger partial charge in [-0.25, -0.2) is 0 Å². The molecule has 2 aromatic carbocycles. The summed E-state index contributed by atoms with van der Waals surface area (Å²) in [5, 5.41) is 12.9. The summed E-state index contributed by atoms with van der Waals surface area (Å²) in [6.07, 6.45) is 0. The molecule has 0 saturated heterocycles. The number of hydrogen-bond acceptors (Lipinski definition) is 5. The van der Waals surface area contributed by atoms with E-state index in [2.05, 4.69) is 5.32 Å². The normalized spacial score (nSPS) is 11.5. The van der Waals surface area contributed by atoms with Crippen LogP contribution < -0.4 is 15.2 Å². The van der Waals surface area contributed by atoms with E-state index < -0.39 is 11.2 Å². The molecule has 2 rings (SSSR count). The molecule has 5 nitrogen and oxygen atoms in total. The van der Waals surface area contributed by atoms with E-state index in [1.807, 2.05) is 18.2 Å². The number of ether oxygens (including phenoxy) is 1. The molecule has 0 heterocycles. The van der Waals surface area contributed by atoms with Crippen molar-refractivity contribution in [1.82, 2.24) is 0 Å². The first kappa shape index (κ1) is 16.9. The topological polar surface area (TPSA) is 78.5 Å². The van der Waals surface area contributed by atoms with Gasteiger partial charge in [-0.1, -0.05) is 30.3 Å². The molecule has 0 saturated carbocycles. The highest BCUT2D eigenvalue weighted by atomic mass is 32.2. The second-order valence-electron chi connectivity index (χ2n) is 4.69. The van der Waals surface area contributed by atoms with E-state index in [4.69, 9.17) is 4.74 Å². The minimum atomic E-state index is -1.20. The fourth-order valence-corrected chi connectivity index (χ4v) is 2.85. The van der Waals surface area contributed by atoms with Crippen molar-refractivity contribution in [2.75, 3.05) is 18.2 Å². The second-order valence-corrected chi connectivity index (χ2v) is 5.78. The number of nitrogens with one attached hydrogen (secondary N) is 1. The molecule has 0 aliphatic carbocycles. The molecule has 2 aromatic rings. The number of carbonyl (C=O) groups excluding carboxylic acids is 2. The van der Waals surface area contributed by atoms with Crippen molar-refractivity contribution in [3.63, 3.8) is 0 Å².